The molecule has 0 bridgehead atoms. The average molecular weight is 408 g/mol. The summed E-state index contributed by atoms with van der Waals surface area (Å²) in [5.41, 5.74) is -0.665. The van der Waals surface area contributed by atoms with Gasteiger partial charge in [-0.05, 0) is 12.1 Å². The molecule has 0 spiro atoms. The molecule has 4 heterocycles. The van der Waals surface area contributed by atoms with Crippen LogP contribution in [0.3, 0.4) is 0 Å². The van der Waals surface area contributed by atoms with Crippen LogP contribution in [0.2, 0.25) is 5.02 Å². The van der Waals surface area contributed by atoms with Crippen LogP contribution in [0, 0.1) is 0 Å². The maximum Gasteiger partial charge on any atom is 0.281 e. The SMILES string of the molecule is O=C(c1cnn(-c2ncccc2Cl)c1C(F)F)N1CCN(c2ncc[nH]2)CC1. The molecule has 28 heavy (non-hydrogen) atoms. The molecule has 0 aliphatic carbocycles. The number of anilines is 1. The van der Waals surface area contributed by atoms with E-state index in [2.05, 4.69) is 20.1 Å². The zero-order chi connectivity index (χ0) is 19.7. The van der Waals surface area contributed by atoms with Crippen LogP contribution >= 0.6 is 11.6 Å². The Kier molecular flexibility index (Phi) is 4.95. The summed E-state index contributed by atoms with van der Waals surface area (Å²) in [6.45, 7) is 1.86. The van der Waals surface area contributed by atoms with Crippen molar-refractivity contribution in [1.82, 2.24) is 29.6 Å². The first-order valence-corrected chi connectivity index (χ1v) is 8.94. The molecule has 1 fully saturated rings. The summed E-state index contributed by atoms with van der Waals surface area (Å²) in [5.74, 6) is 0.284. The monoisotopic (exact) mass is 407 g/mol. The van der Waals surface area contributed by atoms with Crippen molar-refractivity contribution in [3.05, 3.63) is 53.2 Å². The third kappa shape index (κ3) is 3.31. The van der Waals surface area contributed by atoms with Crippen molar-refractivity contribution >= 4 is 23.5 Å². The molecule has 3 aromatic heterocycles. The number of alkyl halides is 2. The lowest BCUT2D eigenvalue weighted by molar-refractivity contribution is 0.0733. The Balaban J connectivity index is 1.58. The van der Waals surface area contributed by atoms with E-state index in [1.807, 2.05) is 4.90 Å². The van der Waals surface area contributed by atoms with Gasteiger partial charge in [-0.15, -0.1) is 0 Å². The number of amides is 1. The second-order valence-electron chi connectivity index (χ2n) is 6.16. The summed E-state index contributed by atoms with van der Waals surface area (Å²) < 4.78 is 28.5. The molecule has 146 valence electrons. The second kappa shape index (κ2) is 7.55. The minimum atomic E-state index is -2.91. The van der Waals surface area contributed by atoms with Crippen molar-refractivity contribution in [2.24, 2.45) is 0 Å². The van der Waals surface area contributed by atoms with E-state index in [-0.39, 0.29) is 16.4 Å². The maximum atomic E-state index is 13.8. The van der Waals surface area contributed by atoms with Crippen molar-refractivity contribution in [3.8, 4) is 5.82 Å². The quantitative estimate of drug-likeness (QED) is 0.718. The molecular weight excluding hydrogens is 392 g/mol. The van der Waals surface area contributed by atoms with Crippen LogP contribution in [0.4, 0.5) is 14.7 Å². The first-order valence-electron chi connectivity index (χ1n) is 8.57. The minimum absolute atomic E-state index is 0.0566. The Labute approximate surface area is 163 Å². The highest BCUT2D eigenvalue weighted by atomic mass is 35.5. The van der Waals surface area contributed by atoms with Crippen LogP contribution in [0.15, 0.2) is 36.9 Å². The molecule has 0 saturated carbocycles. The number of H-pyrrole nitrogens is 1. The lowest BCUT2D eigenvalue weighted by atomic mass is 10.2. The number of aromatic nitrogens is 5. The predicted octanol–water partition coefficient (Wildman–Crippen LogP) is 2.54. The van der Waals surface area contributed by atoms with Gasteiger partial charge in [-0.25, -0.2) is 23.4 Å². The van der Waals surface area contributed by atoms with E-state index in [0.717, 1.165) is 16.8 Å². The van der Waals surface area contributed by atoms with Gasteiger partial charge in [0.2, 0.25) is 5.95 Å². The smallest absolute Gasteiger partial charge is 0.281 e. The van der Waals surface area contributed by atoms with Gasteiger partial charge in [0.25, 0.3) is 12.3 Å². The molecule has 11 heteroatoms. The molecule has 1 aliphatic heterocycles. The summed E-state index contributed by atoms with van der Waals surface area (Å²) in [4.78, 5) is 27.6. The lowest BCUT2D eigenvalue weighted by Gasteiger charge is -2.34. The minimum Gasteiger partial charge on any atom is -0.339 e. The summed E-state index contributed by atoms with van der Waals surface area (Å²) in [6, 6.07) is 3.11. The second-order valence-corrected chi connectivity index (χ2v) is 6.56. The molecule has 0 atom stereocenters. The third-order valence-electron chi connectivity index (χ3n) is 4.53. The summed E-state index contributed by atoms with van der Waals surface area (Å²) in [5, 5.41) is 4.12. The Bertz CT molecular complexity index is 968. The summed E-state index contributed by atoms with van der Waals surface area (Å²) in [7, 11) is 0. The fourth-order valence-electron chi connectivity index (χ4n) is 3.16. The van der Waals surface area contributed by atoms with E-state index >= 15 is 0 Å². The van der Waals surface area contributed by atoms with Crippen molar-refractivity contribution in [2.75, 3.05) is 31.1 Å². The summed E-state index contributed by atoms with van der Waals surface area (Å²) in [6.07, 6.45) is 3.03. The van der Waals surface area contributed by atoms with Crippen LogP contribution in [0.5, 0.6) is 0 Å². The Morgan fingerprint density at radius 2 is 1.96 bits per heavy atom. The van der Waals surface area contributed by atoms with Gasteiger partial charge in [0.1, 0.15) is 5.69 Å². The number of halogens is 3. The van der Waals surface area contributed by atoms with Gasteiger partial charge in [0.05, 0.1) is 16.8 Å². The lowest BCUT2D eigenvalue weighted by Crippen LogP contribution is -2.49. The van der Waals surface area contributed by atoms with E-state index < -0.39 is 18.0 Å². The standard InChI is InChI=1S/C17H16ClF2N7O/c18-12-2-1-3-21-15(12)27-13(14(19)20)11(10-24-27)16(28)25-6-8-26(9-7-25)17-22-4-5-23-17/h1-5,10,14H,6-9H2,(H,22,23). The Morgan fingerprint density at radius 3 is 2.61 bits per heavy atom. The molecular formula is C17H16ClF2N7O. The van der Waals surface area contributed by atoms with E-state index in [1.54, 1.807) is 18.5 Å². The van der Waals surface area contributed by atoms with Gasteiger partial charge < -0.3 is 14.8 Å². The molecule has 3 aromatic rings. The van der Waals surface area contributed by atoms with Gasteiger partial charge in [0.15, 0.2) is 5.82 Å². The Hall–Kier alpha value is -3.01. The first-order chi connectivity index (χ1) is 13.6. The van der Waals surface area contributed by atoms with Crippen LogP contribution in [0.25, 0.3) is 5.82 Å². The van der Waals surface area contributed by atoms with Gasteiger partial charge in [-0.1, -0.05) is 11.6 Å². The number of nitrogens with one attached hydrogen (secondary N) is 1. The number of pyridine rings is 1. The molecule has 1 N–H and O–H groups in total. The zero-order valence-corrected chi connectivity index (χ0v) is 15.4. The average Bonchev–Trinajstić information content (AvgIpc) is 3.38. The van der Waals surface area contributed by atoms with Crippen LogP contribution in [-0.2, 0) is 0 Å². The van der Waals surface area contributed by atoms with Gasteiger partial charge in [-0.3, -0.25) is 4.79 Å². The van der Waals surface area contributed by atoms with Crippen molar-refractivity contribution in [1.29, 1.82) is 0 Å². The maximum absolute atomic E-state index is 13.8. The first kappa shape index (κ1) is 18.4. The highest BCUT2D eigenvalue weighted by Crippen LogP contribution is 2.28. The molecule has 0 radical (unpaired) electrons. The topological polar surface area (TPSA) is 82.9 Å². The van der Waals surface area contributed by atoms with Crippen molar-refractivity contribution < 1.29 is 13.6 Å². The highest BCUT2D eigenvalue weighted by Gasteiger charge is 2.31. The normalized spacial score (nSPS) is 14.7. The van der Waals surface area contributed by atoms with Gasteiger partial charge in [-0.2, -0.15) is 5.10 Å². The number of imidazole rings is 1. The number of carbonyl (C=O) groups is 1. The van der Waals surface area contributed by atoms with E-state index in [9.17, 15) is 13.6 Å². The number of hydrogen-bond donors (Lipinski definition) is 1. The number of aromatic amines is 1. The van der Waals surface area contributed by atoms with E-state index in [1.165, 1.54) is 17.2 Å². The van der Waals surface area contributed by atoms with Crippen LogP contribution in [-0.4, -0.2) is 61.7 Å². The molecule has 1 amide bonds. The van der Waals surface area contributed by atoms with Crippen molar-refractivity contribution in [2.45, 2.75) is 6.43 Å². The predicted molar refractivity (Wildman–Crippen MR) is 98.0 cm³/mol. The number of piperazine rings is 1. The number of rotatable bonds is 4. The van der Waals surface area contributed by atoms with Gasteiger partial charge in [0, 0.05) is 44.8 Å². The number of hydrogen-bond acceptors (Lipinski definition) is 5. The third-order valence-corrected chi connectivity index (χ3v) is 4.83. The Morgan fingerprint density at radius 1 is 1.18 bits per heavy atom. The molecule has 1 aliphatic rings. The molecule has 0 aromatic carbocycles. The summed E-state index contributed by atoms with van der Waals surface area (Å²) >= 11 is 6.06. The molecule has 1 saturated heterocycles. The van der Waals surface area contributed by atoms with Crippen LogP contribution < -0.4 is 4.90 Å². The largest absolute Gasteiger partial charge is 0.339 e. The number of nitrogens with zero attached hydrogens (tertiary/aromatic N) is 6. The van der Waals surface area contributed by atoms with Crippen molar-refractivity contribution in [3.63, 3.8) is 0 Å². The zero-order valence-electron chi connectivity index (χ0n) is 14.6. The van der Waals surface area contributed by atoms with E-state index in [4.69, 9.17) is 11.6 Å². The van der Waals surface area contributed by atoms with Gasteiger partial charge >= 0.3 is 0 Å². The molecule has 4 rings (SSSR count). The highest BCUT2D eigenvalue weighted by molar-refractivity contribution is 6.32. The number of carbonyl (C=O) groups excluding carboxylic acids is 1. The fraction of sp³-hybridized carbons (Fsp3) is 0.294. The fourth-order valence-corrected chi connectivity index (χ4v) is 3.36. The molecule has 0 unspecified atom stereocenters. The van der Waals surface area contributed by atoms with E-state index in [0.29, 0.717) is 26.2 Å². The molecule has 8 nitrogen and oxygen atoms in total. The van der Waals surface area contributed by atoms with Crippen LogP contribution in [0.1, 0.15) is 22.5 Å².